The molecule has 0 bridgehead atoms. The summed E-state index contributed by atoms with van der Waals surface area (Å²) in [6.45, 7) is 9.57. The summed E-state index contributed by atoms with van der Waals surface area (Å²) < 4.78 is 0. The van der Waals surface area contributed by atoms with E-state index in [2.05, 4.69) is 18.7 Å². The number of ketones is 1. The fourth-order valence-electron chi connectivity index (χ4n) is 1.97. The van der Waals surface area contributed by atoms with E-state index in [9.17, 15) is 4.79 Å². The maximum absolute atomic E-state index is 12.3. The molecule has 3 nitrogen and oxygen atoms in total. The molecule has 0 fully saturated rings. The van der Waals surface area contributed by atoms with E-state index >= 15 is 0 Å². The molecule has 1 aromatic rings. The predicted octanol–water partition coefficient (Wildman–Crippen LogP) is 2.64. The number of hydrogen-bond donors (Lipinski definition) is 1. The van der Waals surface area contributed by atoms with Crippen molar-refractivity contribution in [1.29, 1.82) is 0 Å². The van der Waals surface area contributed by atoms with Gasteiger partial charge in [-0.3, -0.25) is 9.69 Å². The second-order valence-corrected chi connectivity index (χ2v) is 6.35. The first-order valence-corrected chi connectivity index (χ1v) is 7.22. The molecule has 1 heterocycles. The van der Waals surface area contributed by atoms with Crippen molar-refractivity contribution in [2.24, 2.45) is 0 Å². The van der Waals surface area contributed by atoms with Gasteiger partial charge in [0.15, 0.2) is 5.78 Å². The summed E-state index contributed by atoms with van der Waals surface area (Å²) in [5, 5.41) is 8.89. The molecule has 0 aliphatic heterocycles. The molecule has 1 aromatic heterocycles. The lowest BCUT2D eigenvalue weighted by Gasteiger charge is -2.25. The smallest absolute Gasteiger partial charge is 0.177 e. The van der Waals surface area contributed by atoms with Gasteiger partial charge in [-0.1, -0.05) is 0 Å². The third-order valence-corrected chi connectivity index (χ3v) is 3.99. The molecule has 0 unspecified atom stereocenters. The van der Waals surface area contributed by atoms with Crippen molar-refractivity contribution in [2.75, 3.05) is 19.7 Å². The fraction of sp³-hybridized carbons (Fsp3) is 0.643. The summed E-state index contributed by atoms with van der Waals surface area (Å²) >= 11 is 1.67. The van der Waals surface area contributed by atoms with Gasteiger partial charge in [0.05, 0.1) is 6.54 Å². The number of thiophene rings is 1. The number of carbonyl (C=O) groups is 1. The Kier molecular flexibility index (Phi) is 5.99. The van der Waals surface area contributed by atoms with Crippen molar-refractivity contribution < 1.29 is 9.90 Å². The molecule has 0 spiro atoms. The van der Waals surface area contributed by atoms with E-state index in [0.29, 0.717) is 19.0 Å². The van der Waals surface area contributed by atoms with Gasteiger partial charge in [-0.2, -0.15) is 0 Å². The maximum Gasteiger partial charge on any atom is 0.177 e. The predicted molar refractivity (Wildman–Crippen MR) is 76.5 cm³/mol. The fourth-order valence-corrected chi connectivity index (χ4v) is 2.91. The van der Waals surface area contributed by atoms with Crippen LogP contribution in [0.2, 0.25) is 0 Å². The highest BCUT2D eigenvalue weighted by Crippen LogP contribution is 2.21. The molecule has 102 valence electrons. The van der Waals surface area contributed by atoms with Gasteiger partial charge in [0, 0.05) is 34.5 Å². The highest BCUT2D eigenvalue weighted by atomic mass is 32.1. The number of rotatable bonds is 7. The summed E-state index contributed by atoms with van der Waals surface area (Å²) in [6, 6.07) is 2.30. The second kappa shape index (κ2) is 7.02. The Bertz CT molecular complexity index is 398. The zero-order chi connectivity index (χ0) is 13.7. The summed E-state index contributed by atoms with van der Waals surface area (Å²) in [7, 11) is 0. The lowest BCUT2D eigenvalue weighted by molar-refractivity contribution is 0.0896. The van der Waals surface area contributed by atoms with Crippen molar-refractivity contribution in [2.45, 2.75) is 40.2 Å². The van der Waals surface area contributed by atoms with Gasteiger partial charge in [-0.05, 0) is 40.2 Å². The van der Waals surface area contributed by atoms with Crippen LogP contribution in [0, 0.1) is 13.8 Å². The molecule has 0 atom stereocenters. The van der Waals surface area contributed by atoms with Crippen LogP contribution in [0.1, 0.15) is 40.4 Å². The quantitative estimate of drug-likeness (QED) is 0.774. The second-order valence-electron chi connectivity index (χ2n) is 4.89. The van der Waals surface area contributed by atoms with E-state index in [1.807, 2.05) is 19.9 Å². The molecule has 0 amide bonds. The van der Waals surface area contributed by atoms with E-state index in [4.69, 9.17) is 5.11 Å². The Balaban J connectivity index is 2.69. The lowest BCUT2D eigenvalue weighted by Crippen LogP contribution is -2.36. The SMILES string of the molecule is Cc1cc(C(=O)CN(CCCO)C(C)C)c(C)s1. The first kappa shape index (κ1) is 15.3. The number of carbonyl (C=O) groups excluding carboxylic acids is 1. The zero-order valence-electron chi connectivity index (χ0n) is 11.7. The Morgan fingerprint density at radius 2 is 2.11 bits per heavy atom. The molecular weight excluding hydrogens is 246 g/mol. The number of aliphatic hydroxyl groups excluding tert-OH is 1. The van der Waals surface area contributed by atoms with Crippen molar-refractivity contribution in [1.82, 2.24) is 4.90 Å². The van der Waals surface area contributed by atoms with Gasteiger partial charge < -0.3 is 5.11 Å². The molecule has 0 radical (unpaired) electrons. The van der Waals surface area contributed by atoms with Crippen LogP contribution >= 0.6 is 11.3 Å². The minimum Gasteiger partial charge on any atom is -0.396 e. The van der Waals surface area contributed by atoms with E-state index < -0.39 is 0 Å². The van der Waals surface area contributed by atoms with Gasteiger partial charge in [0.1, 0.15) is 0 Å². The van der Waals surface area contributed by atoms with Crippen LogP contribution in [-0.4, -0.2) is 41.5 Å². The summed E-state index contributed by atoms with van der Waals surface area (Å²) in [6.07, 6.45) is 0.715. The van der Waals surface area contributed by atoms with Crippen LogP contribution in [0.3, 0.4) is 0 Å². The van der Waals surface area contributed by atoms with Crippen LogP contribution in [0.25, 0.3) is 0 Å². The van der Waals surface area contributed by atoms with E-state index in [1.165, 1.54) is 4.88 Å². The van der Waals surface area contributed by atoms with Crippen LogP contribution < -0.4 is 0 Å². The number of aliphatic hydroxyl groups is 1. The van der Waals surface area contributed by atoms with Crippen LogP contribution in [0.5, 0.6) is 0 Å². The summed E-state index contributed by atoms with van der Waals surface area (Å²) in [5.41, 5.74) is 0.854. The minimum absolute atomic E-state index is 0.175. The molecule has 4 heteroatoms. The monoisotopic (exact) mass is 269 g/mol. The molecule has 1 N–H and O–H groups in total. The normalized spacial score (nSPS) is 11.5. The highest BCUT2D eigenvalue weighted by Gasteiger charge is 2.17. The molecule has 18 heavy (non-hydrogen) atoms. The third kappa shape index (κ3) is 4.19. The maximum atomic E-state index is 12.3. The zero-order valence-corrected chi connectivity index (χ0v) is 12.5. The Hall–Kier alpha value is -0.710. The minimum atomic E-state index is 0.175. The van der Waals surface area contributed by atoms with Crippen LogP contribution in [-0.2, 0) is 0 Å². The van der Waals surface area contributed by atoms with Crippen molar-refractivity contribution in [3.8, 4) is 0 Å². The number of Topliss-reactive ketones (excluding diaryl/α,β-unsaturated/α-hetero) is 1. The van der Waals surface area contributed by atoms with Crippen LogP contribution in [0.15, 0.2) is 6.07 Å². The number of nitrogens with zero attached hydrogens (tertiary/aromatic N) is 1. The first-order valence-electron chi connectivity index (χ1n) is 6.40. The molecule has 0 aliphatic carbocycles. The standard InChI is InChI=1S/C14H23NO2S/c1-10(2)15(6-5-7-16)9-14(17)13-8-11(3)18-12(13)4/h8,10,16H,5-7,9H2,1-4H3. The van der Waals surface area contributed by atoms with Gasteiger partial charge in [-0.25, -0.2) is 0 Å². The van der Waals surface area contributed by atoms with Gasteiger partial charge in [0.25, 0.3) is 0 Å². The van der Waals surface area contributed by atoms with Crippen molar-refractivity contribution in [3.63, 3.8) is 0 Å². The average Bonchev–Trinajstić information content (AvgIpc) is 2.63. The summed E-state index contributed by atoms with van der Waals surface area (Å²) in [5.74, 6) is 0.184. The van der Waals surface area contributed by atoms with Crippen molar-refractivity contribution in [3.05, 3.63) is 21.4 Å². The number of hydrogen-bond acceptors (Lipinski definition) is 4. The Morgan fingerprint density at radius 1 is 1.44 bits per heavy atom. The third-order valence-electron chi connectivity index (χ3n) is 3.02. The summed E-state index contributed by atoms with van der Waals surface area (Å²) in [4.78, 5) is 16.7. The van der Waals surface area contributed by atoms with Crippen molar-refractivity contribution >= 4 is 17.1 Å². The van der Waals surface area contributed by atoms with E-state index in [1.54, 1.807) is 11.3 Å². The first-order chi connectivity index (χ1) is 8.45. The topological polar surface area (TPSA) is 40.5 Å². The molecule has 0 aliphatic rings. The Morgan fingerprint density at radius 3 is 2.56 bits per heavy atom. The molecule has 0 saturated heterocycles. The average molecular weight is 269 g/mol. The molecule has 0 saturated carbocycles. The van der Waals surface area contributed by atoms with Gasteiger partial charge in [0.2, 0.25) is 0 Å². The highest BCUT2D eigenvalue weighted by molar-refractivity contribution is 7.12. The van der Waals surface area contributed by atoms with E-state index in [0.717, 1.165) is 17.0 Å². The number of aryl methyl sites for hydroxylation is 2. The lowest BCUT2D eigenvalue weighted by atomic mass is 10.1. The molecule has 0 aromatic carbocycles. The van der Waals surface area contributed by atoms with Gasteiger partial charge >= 0.3 is 0 Å². The van der Waals surface area contributed by atoms with E-state index in [-0.39, 0.29) is 12.4 Å². The molecular formula is C14H23NO2S. The Labute approximate surface area is 113 Å². The van der Waals surface area contributed by atoms with Crippen LogP contribution in [0.4, 0.5) is 0 Å². The van der Waals surface area contributed by atoms with Gasteiger partial charge in [-0.15, -0.1) is 11.3 Å². The molecule has 1 rings (SSSR count). The largest absolute Gasteiger partial charge is 0.396 e.